The van der Waals surface area contributed by atoms with Crippen LogP contribution >= 0.6 is 0 Å². The molecule has 1 saturated carbocycles. The highest BCUT2D eigenvalue weighted by molar-refractivity contribution is 5.83. The van der Waals surface area contributed by atoms with Crippen LogP contribution in [0.25, 0.3) is 10.9 Å². The molecule has 0 spiro atoms. The first-order valence-electron chi connectivity index (χ1n) is 13.7. The number of tetrazole rings is 1. The number of H-pyrrole nitrogens is 1. The third-order valence-electron chi connectivity index (χ3n) is 8.19. The summed E-state index contributed by atoms with van der Waals surface area (Å²) in [5, 5.41) is 14.3. The minimum Gasteiger partial charge on any atom is -0.377 e. The van der Waals surface area contributed by atoms with E-state index in [1.54, 1.807) is 0 Å². The largest absolute Gasteiger partial charge is 0.377 e. The molecule has 0 radical (unpaired) electrons. The smallest absolute Gasteiger partial charge is 0.252 e. The Hall–Kier alpha value is -2.58. The zero-order chi connectivity index (χ0) is 25.2. The van der Waals surface area contributed by atoms with Crippen LogP contribution in [0.1, 0.15) is 93.4 Å². The summed E-state index contributed by atoms with van der Waals surface area (Å²) in [7, 11) is 0. The predicted molar refractivity (Wildman–Crippen MR) is 141 cm³/mol. The van der Waals surface area contributed by atoms with Crippen molar-refractivity contribution in [2.75, 3.05) is 13.2 Å². The molecule has 2 atom stereocenters. The lowest BCUT2D eigenvalue weighted by Crippen LogP contribution is -2.40. The molecule has 5 rings (SSSR count). The van der Waals surface area contributed by atoms with Crippen molar-refractivity contribution in [1.82, 2.24) is 30.1 Å². The molecule has 0 amide bonds. The van der Waals surface area contributed by atoms with Crippen molar-refractivity contribution in [2.24, 2.45) is 5.92 Å². The predicted octanol–water partition coefficient (Wildman–Crippen LogP) is 5.01. The van der Waals surface area contributed by atoms with Crippen LogP contribution < -0.4 is 5.56 Å². The minimum atomic E-state index is -0.0251. The molecule has 1 saturated heterocycles. The number of aromatic amines is 1. The third kappa shape index (κ3) is 5.11. The first-order chi connectivity index (χ1) is 17.4. The summed E-state index contributed by atoms with van der Waals surface area (Å²) in [6.45, 7) is 10.7. The van der Waals surface area contributed by atoms with Gasteiger partial charge in [0.25, 0.3) is 5.56 Å². The van der Waals surface area contributed by atoms with Gasteiger partial charge in [0.05, 0.1) is 23.7 Å². The Morgan fingerprint density at radius 3 is 2.67 bits per heavy atom. The fourth-order valence-corrected chi connectivity index (χ4v) is 6.10. The number of ether oxygens (including phenoxy) is 1. The Balaban J connectivity index is 1.52. The first-order valence-corrected chi connectivity index (χ1v) is 13.7. The van der Waals surface area contributed by atoms with Gasteiger partial charge in [-0.3, -0.25) is 9.69 Å². The number of rotatable bonds is 8. The molecule has 8 heteroatoms. The van der Waals surface area contributed by atoms with E-state index in [1.165, 1.54) is 24.8 Å². The Bertz CT molecular complexity index is 1240. The monoisotopic (exact) mass is 492 g/mol. The highest BCUT2D eigenvalue weighted by Gasteiger charge is 2.34. The van der Waals surface area contributed by atoms with Gasteiger partial charge in [-0.1, -0.05) is 45.2 Å². The normalized spacial score (nSPS) is 20.1. The van der Waals surface area contributed by atoms with E-state index in [4.69, 9.17) is 4.74 Å². The Morgan fingerprint density at radius 1 is 1.14 bits per heavy atom. The number of hydrogen-bond donors (Lipinski definition) is 1. The third-order valence-corrected chi connectivity index (χ3v) is 8.19. The Kier molecular flexibility index (Phi) is 7.53. The number of aromatic nitrogens is 5. The van der Waals surface area contributed by atoms with E-state index in [1.807, 2.05) is 0 Å². The molecule has 0 unspecified atom stereocenters. The molecule has 1 aromatic carbocycles. The van der Waals surface area contributed by atoms with Crippen LogP contribution in [0.4, 0.5) is 0 Å². The SMILES string of the molecule is Cc1ccc2cc(CN(C[C@@H]3CCCO3)[C@H](c3nnnn3C3CCCCC3)C(C)C)c(=O)[nH]c2c1C. The highest BCUT2D eigenvalue weighted by atomic mass is 16.5. The molecule has 3 aromatic rings. The van der Waals surface area contributed by atoms with E-state index < -0.39 is 0 Å². The fourth-order valence-electron chi connectivity index (χ4n) is 6.10. The van der Waals surface area contributed by atoms with E-state index in [2.05, 4.69) is 76.0 Å². The van der Waals surface area contributed by atoms with E-state index in [0.29, 0.717) is 12.6 Å². The van der Waals surface area contributed by atoms with E-state index in [9.17, 15) is 4.79 Å². The van der Waals surface area contributed by atoms with Crippen molar-refractivity contribution in [3.05, 3.63) is 51.1 Å². The number of fused-ring (bicyclic) bond motifs is 1. The van der Waals surface area contributed by atoms with Crippen LogP contribution in [-0.2, 0) is 11.3 Å². The van der Waals surface area contributed by atoms with E-state index in [0.717, 1.165) is 66.7 Å². The van der Waals surface area contributed by atoms with Gasteiger partial charge in [0, 0.05) is 25.3 Å². The number of aryl methyl sites for hydroxylation is 2. The first kappa shape index (κ1) is 25.1. The van der Waals surface area contributed by atoms with Crippen LogP contribution in [0.15, 0.2) is 23.0 Å². The maximum absolute atomic E-state index is 13.3. The molecule has 1 aliphatic carbocycles. The summed E-state index contributed by atoms with van der Waals surface area (Å²) in [6, 6.07) is 6.63. The van der Waals surface area contributed by atoms with Gasteiger partial charge in [0.2, 0.25) is 0 Å². The van der Waals surface area contributed by atoms with Crippen molar-refractivity contribution in [3.63, 3.8) is 0 Å². The number of hydrogen-bond acceptors (Lipinski definition) is 6. The number of pyridine rings is 1. The maximum atomic E-state index is 13.3. The van der Waals surface area contributed by atoms with Crippen LogP contribution in [0.5, 0.6) is 0 Å². The zero-order valence-electron chi connectivity index (χ0n) is 22.2. The second kappa shape index (κ2) is 10.8. The summed E-state index contributed by atoms with van der Waals surface area (Å²) >= 11 is 0. The molecule has 0 bridgehead atoms. The lowest BCUT2D eigenvalue weighted by atomic mass is 9.94. The summed E-state index contributed by atoms with van der Waals surface area (Å²) in [5.74, 6) is 1.18. The van der Waals surface area contributed by atoms with E-state index >= 15 is 0 Å². The number of benzene rings is 1. The van der Waals surface area contributed by atoms with Gasteiger partial charge in [-0.15, -0.1) is 5.10 Å². The highest BCUT2D eigenvalue weighted by Crippen LogP contribution is 2.34. The maximum Gasteiger partial charge on any atom is 0.252 e. The Morgan fingerprint density at radius 2 is 1.94 bits per heavy atom. The molecule has 8 nitrogen and oxygen atoms in total. The summed E-state index contributed by atoms with van der Waals surface area (Å²) in [4.78, 5) is 18.9. The minimum absolute atomic E-state index is 0.0130. The average Bonchev–Trinajstić information content (AvgIpc) is 3.56. The van der Waals surface area contributed by atoms with Gasteiger partial charge >= 0.3 is 0 Å². The van der Waals surface area contributed by atoms with Gasteiger partial charge in [0.15, 0.2) is 5.82 Å². The van der Waals surface area contributed by atoms with Crippen LogP contribution in [-0.4, -0.2) is 49.3 Å². The van der Waals surface area contributed by atoms with Gasteiger partial charge < -0.3 is 9.72 Å². The van der Waals surface area contributed by atoms with Crippen molar-refractivity contribution < 1.29 is 4.74 Å². The van der Waals surface area contributed by atoms with Crippen LogP contribution in [0, 0.1) is 19.8 Å². The van der Waals surface area contributed by atoms with Crippen molar-refractivity contribution in [2.45, 2.75) is 97.4 Å². The lowest BCUT2D eigenvalue weighted by Gasteiger charge is -2.36. The Labute approximate surface area is 213 Å². The van der Waals surface area contributed by atoms with Crippen LogP contribution in [0.3, 0.4) is 0 Å². The van der Waals surface area contributed by atoms with Crippen molar-refractivity contribution in [1.29, 1.82) is 0 Å². The molecule has 1 aliphatic heterocycles. The average molecular weight is 493 g/mol. The lowest BCUT2D eigenvalue weighted by molar-refractivity contribution is 0.0375. The van der Waals surface area contributed by atoms with Crippen molar-refractivity contribution in [3.8, 4) is 0 Å². The van der Waals surface area contributed by atoms with Crippen LogP contribution in [0.2, 0.25) is 0 Å². The molecule has 36 heavy (non-hydrogen) atoms. The molecular weight excluding hydrogens is 452 g/mol. The molecule has 194 valence electrons. The van der Waals surface area contributed by atoms with Crippen molar-refractivity contribution >= 4 is 10.9 Å². The van der Waals surface area contributed by atoms with Gasteiger partial charge in [0.1, 0.15) is 0 Å². The molecule has 2 fully saturated rings. The summed E-state index contributed by atoms with van der Waals surface area (Å²) in [6.07, 6.45) is 8.27. The van der Waals surface area contributed by atoms with E-state index in [-0.39, 0.29) is 23.6 Å². The second-order valence-electron chi connectivity index (χ2n) is 11.1. The number of nitrogens with one attached hydrogen (secondary N) is 1. The molecule has 3 heterocycles. The molecular formula is C28H40N6O2. The fraction of sp³-hybridized carbons (Fsp3) is 0.643. The molecule has 1 N–H and O–H groups in total. The topological polar surface area (TPSA) is 88.9 Å². The van der Waals surface area contributed by atoms with Gasteiger partial charge in [-0.25, -0.2) is 4.68 Å². The second-order valence-corrected chi connectivity index (χ2v) is 11.1. The molecule has 2 aromatic heterocycles. The van der Waals surface area contributed by atoms with Gasteiger partial charge in [-0.05, 0) is 78.5 Å². The van der Waals surface area contributed by atoms with Gasteiger partial charge in [-0.2, -0.15) is 0 Å². The zero-order valence-corrected chi connectivity index (χ0v) is 22.2. The summed E-state index contributed by atoms with van der Waals surface area (Å²) < 4.78 is 8.14. The summed E-state index contributed by atoms with van der Waals surface area (Å²) in [5.41, 5.74) is 3.98. The standard InChI is InChI=1S/C28H40N6O2/c1-18(2)26(27-30-31-32-34(27)23-9-6-5-7-10-23)33(17-24-11-8-14-36-24)16-22-15-21-13-12-19(3)20(4)25(21)29-28(22)35/h12-13,15,18,23-24,26H,5-11,14,16-17H2,1-4H3,(H,29,35)/t24-,26-/m0/s1. The number of nitrogens with zero attached hydrogens (tertiary/aromatic N) is 5. The quantitative estimate of drug-likeness (QED) is 0.475. The molecule has 2 aliphatic rings.